The second-order valence-electron chi connectivity index (χ2n) is 3.32. The zero-order valence-corrected chi connectivity index (χ0v) is 10.1. The highest BCUT2D eigenvalue weighted by Gasteiger charge is 2.23. The van der Waals surface area contributed by atoms with E-state index in [9.17, 15) is 18.0 Å². The molecule has 0 bridgehead atoms. The highest BCUT2D eigenvalue weighted by atomic mass is 32.2. The van der Waals surface area contributed by atoms with E-state index in [-0.39, 0.29) is 10.5 Å². The minimum Gasteiger partial charge on any atom is -0.478 e. The van der Waals surface area contributed by atoms with Crippen molar-refractivity contribution in [1.29, 1.82) is 0 Å². The fourth-order valence-corrected chi connectivity index (χ4v) is 2.30. The molecule has 0 atom stereocenters. The molecule has 92 valence electrons. The van der Waals surface area contributed by atoms with Gasteiger partial charge in [-0.3, -0.25) is 4.79 Å². The van der Waals surface area contributed by atoms with E-state index in [1.54, 1.807) is 0 Å². The van der Waals surface area contributed by atoms with Crippen molar-refractivity contribution in [1.82, 2.24) is 4.31 Å². The van der Waals surface area contributed by atoms with Crippen molar-refractivity contribution >= 4 is 21.9 Å². The normalized spacial score (nSPS) is 10.9. The third kappa shape index (κ3) is 2.62. The van der Waals surface area contributed by atoms with E-state index in [4.69, 9.17) is 5.11 Å². The first-order valence-electron chi connectivity index (χ1n) is 4.59. The van der Waals surface area contributed by atoms with Gasteiger partial charge in [0, 0.05) is 14.0 Å². The molecule has 1 aromatic carbocycles. The van der Waals surface area contributed by atoms with E-state index >= 15 is 0 Å². The standard InChI is InChI=1S/C10H11NO5S/c1-7(12)11(2)17(15,16)9-5-3-4-8(6-9)10(13)14/h3-6H,1-2H3,(H,13,14). The number of hydrogen-bond acceptors (Lipinski definition) is 4. The average molecular weight is 257 g/mol. The highest BCUT2D eigenvalue weighted by Crippen LogP contribution is 2.16. The molecule has 6 nitrogen and oxygen atoms in total. The number of carbonyl (C=O) groups is 2. The molecule has 1 N–H and O–H groups in total. The minimum atomic E-state index is -3.97. The molecule has 0 saturated carbocycles. The number of nitrogens with zero attached hydrogens (tertiary/aromatic N) is 1. The van der Waals surface area contributed by atoms with Crippen LogP contribution in [0.1, 0.15) is 17.3 Å². The van der Waals surface area contributed by atoms with Crippen molar-refractivity contribution in [2.45, 2.75) is 11.8 Å². The van der Waals surface area contributed by atoms with Crippen LogP contribution in [0.2, 0.25) is 0 Å². The number of benzene rings is 1. The predicted molar refractivity (Wildman–Crippen MR) is 59.0 cm³/mol. The van der Waals surface area contributed by atoms with Gasteiger partial charge in [-0.15, -0.1) is 0 Å². The summed E-state index contributed by atoms with van der Waals surface area (Å²) in [7, 11) is -2.86. The third-order valence-electron chi connectivity index (χ3n) is 2.18. The molecular formula is C10H11NO5S. The van der Waals surface area contributed by atoms with E-state index < -0.39 is 21.9 Å². The van der Waals surface area contributed by atoms with E-state index in [0.717, 1.165) is 20.0 Å². The Hall–Kier alpha value is -1.89. The molecule has 0 saturated heterocycles. The summed E-state index contributed by atoms with van der Waals surface area (Å²) in [6.45, 7) is 1.11. The van der Waals surface area contributed by atoms with Gasteiger partial charge in [-0.05, 0) is 18.2 Å². The van der Waals surface area contributed by atoms with Gasteiger partial charge >= 0.3 is 5.97 Å². The molecule has 17 heavy (non-hydrogen) atoms. The van der Waals surface area contributed by atoms with Crippen LogP contribution in [0.5, 0.6) is 0 Å². The van der Waals surface area contributed by atoms with Crippen molar-refractivity contribution in [3.63, 3.8) is 0 Å². The fourth-order valence-electron chi connectivity index (χ4n) is 1.12. The Labute approximate surface area is 98.5 Å². The number of amides is 1. The van der Waals surface area contributed by atoms with E-state index in [1.807, 2.05) is 0 Å². The zero-order chi connectivity index (χ0) is 13.2. The molecule has 1 amide bonds. The van der Waals surface area contributed by atoms with Crippen molar-refractivity contribution in [3.8, 4) is 0 Å². The molecule has 0 aromatic heterocycles. The molecule has 0 radical (unpaired) electrons. The number of carbonyl (C=O) groups excluding carboxylic acids is 1. The first kappa shape index (κ1) is 13.2. The maximum atomic E-state index is 11.9. The summed E-state index contributed by atoms with van der Waals surface area (Å²) in [5.41, 5.74) is -0.150. The molecular weight excluding hydrogens is 246 g/mol. The molecule has 0 spiro atoms. The molecule has 0 fully saturated rings. The van der Waals surface area contributed by atoms with Crippen LogP contribution >= 0.6 is 0 Å². The number of rotatable bonds is 3. The number of carboxylic acid groups (broad SMARTS) is 1. The second kappa shape index (κ2) is 4.54. The van der Waals surface area contributed by atoms with Crippen LogP contribution in [0.3, 0.4) is 0 Å². The summed E-state index contributed by atoms with van der Waals surface area (Å²) in [6.07, 6.45) is 0. The lowest BCUT2D eigenvalue weighted by atomic mass is 10.2. The Morgan fingerprint density at radius 3 is 2.35 bits per heavy atom. The van der Waals surface area contributed by atoms with E-state index in [1.165, 1.54) is 18.2 Å². The quantitative estimate of drug-likeness (QED) is 0.853. The number of aromatic carboxylic acids is 1. The van der Waals surface area contributed by atoms with E-state index in [0.29, 0.717) is 4.31 Å². The van der Waals surface area contributed by atoms with Gasteiger partial charge in [-0.2, -0.15) is 0 Å². The third-order valence-corrected chi connectivity index (χ3v) is 4.01. The Morgan fingerprint density at radius 1 is 1.29 bits per heavy atom. The van der Waals surface area contributed by atoms with Crippen LogP contribution in [-0.4, -0.2) is 36.8 Å². The molecule has 0 aliphatic carbocycles. The molecule has 0 unspecified atom stereocenters. The number of sulfonamides is 1. The monoisotopic (exact) mass is 257 g/mol. The number of hydrogen-bond donors (Lipinski definition) is 1. The Morgan fingerprint density at radius 2 is 1.88 bits per heavy atom. The van der Waals surface area contributed by atoms with Gasteiger partial charge in [0.1, 0.15) is 0 Å². The fraction of sp³-hybridized carbons (Fsp3) is 0.200. The summed E-state index contributed by atoms with van der Waals surface area (Å²) in [6, 6.07) is 4.83. The molecule has 0 aliphatic heterocycles. The molecule has 0 aliphatic rings. The summed E-state index contributed by atoms with van der Waals surface area (Å²) in [5.74, 6) is -1.88. The number of carboxylic acids is 1. The summed E-state index contributed by atoms with van der Waals surface area (Å²) >= 11 is 0. The van der Waals surface area contributed by atoms with Crippen LogP contribution in [-0.2, 0) is 14.8 Å². The largest absolute Gasteiger partial charge is 0.478 e. The highest BCUT2D eigenvalue weighted by molar-refractivity contribution is 7.89. The molecule has 1 rings (SSSR count). The predicted octanol–water partition coefficient (Wildman–Crippen LogP) is 0.552. The van der Waals surface area contributed by atoms with Gasteiger partial charge in [-0.1, -0.05) is 6.07 Å². The Bertz CT molecular complexity index is 564. The van der Waals surface area contributed by atoms with Crippen LogP contribution in [0.25, 0.3) is 0 Å². The molecule has 7 heteroatoms. The van der Waals surface area contributed by atoms with Gasteiger partial charge < -0.3 is 5.11 Å². The van der Waals surface area contributed by atoms with Gasteiger partial charge in [0.2, 0.25) is 5.91 Å². The van der Waals surface area contributed by atoms with Gasteiger partial charge in [0.05, 0.1) is 10.5 Å². The average Bonchev–Trinajstić information content (AvgIpc) is 2.28. The van der Waals surface area contributed by atoms with Crippen molar-refractivity contribution in [3.05, 3.63) is 29.8 Å². The Balaban J connectivity index is 3.30. The second-order valence-corrected chi connectivity index (χ2v) is 5.29. The Kier molecular flexibility index (Phi) is 3.52. The summed E-state index contributed by atoms with van der Waals surface area (Å²) < 4.78 is 24.3. The first-order chi connectivity index (χ1) is 7.76. The molecule has 1 aromatic rings. The van der Waals surface area contributed by atoms with Crippen molar-refractivity contribution in [2.75, 3.05) is 7.05 Å². The van der Waals surface area contributed by atoms with Crippen molar-refractivity contribution in [2.24, 2.45) is 0 Å². The summed E-state index contributed by atoms with van der Waals surface area (Å²) in [4.78, 5) is 21.5. The maximum absolute atomic E-state index is 11.9. The lowest BCUT2D eigenvalue weighted by Gasteiger charge is -2.15. The lowest BCUT2D eigenvalue weighted by molar-refractivity contribution is -0.123. The van der Waals surface area contributed by atoms with Gasteiger partial charge in [-0.25, -0.2) is 17.5 Å². The lowest BCUT2D eigenvalue weighted by Crippen LogP contribution is -2.31. The zero-order valence-electron chi connectivity index (χ0n) is 9.25. The maximum Gasteiger partial charge on any atom is 0.335 e. The van der Waals surface area contributed by atoms with Crippen LogP contribution in [0.15, 0.2) is 29.2 Å². The summed E-state index contributed by atoms with van der Waals surface area (Å²) in [5, 5.41) is 8.75. The SMILES string of the molecule is CC(=O)N(C)S(=O)(=O)c1cccc(C(=O)O)c1. The van der Waals surface area contributed by atoms with Gasteiger partial charge in [0.25, 0.3) is 10.0 Å². The van der Waals surface area contributed by atoms with Crippen LogP contribution in [0, 0.1) is 0 Å². The van der Waals surface area contributed by atoms with Gasteiger partial charge in [0.15, 0.2) is 0 Å². The molecule has 0 heterocycles. The van der Waals surface area contributed by atoms with Crippen LogP contribution in [0.4, 0.5) is 0 Å². The smallest absolute Gasteiger partial charge is 0.335 e. The van der Waals surface area contributed by atoms with Crippen molar-refractivity contribution < 1.29 is 23.1 Å². The van der Waals surface area contributed by atoms with E-state index in [2.05, 4.69) is 0 Å². The first-order valence-corrected chi connectivity index (χ1v) is 6.03. The minimum absolute atomic E-state index is 0.150. The van der Waals surface area contributed by atoms with Crippen LogP contribution < -0.4 is 0 Å². The topological polar surface area (TPSA) is 91.8 Å².